The second-order valence-electron chi connectivity index (χ2n) is 6.23. The molecule has 0 unspecified atom stereocenters. The number of hydrogen-bond acceptors (Lipinski definition) is 2. The first-order valence-corrected chi connectivity index (χ1v) is 6.78. The van der Waals surface area contributed by atoms with Gasteiger partial charge in [0.2, 0.25) is 5.91 Å². The van der Waals surface area contributed by atoms with Crippen LogP contribution in [0.4, 0.5) is 5.69 Å². The zero-order valence-electron chi connectivity index (χ0n) is 12.7. The van der Waals surface area contributed by atoms with E-state index in [4.69, 9.17) is 0 Å². The standard InChI is InChI=1S/C16H22N2O2/c1-9-11-6-7-17-14(11)13(10(2)12(9)8-19)18-15(20)16(3,4)5/h6-7,17,19H,8H2,1-5H3,(H,18,20). The topological polar surface area (TPSA) is 65.1 Å². The molecule has 2 aromatic rings. The minimum absolute atomic E-state index is 0.0306. The van der Waals surface area contributed by atoms with Crippen LogP contribution in [0.2, 0.25) is 0 Å². The molecule has 1 amide bonds. The molecule has 0 bridgehead atoms. The van der Waals surface area contributed by atoms with Crippen molar-refractivity contribution in [2.75, 3.05) is 5.32 Å². The molecule has 108 valence electrons. The highest BCUT2D eigenvalue weighted by Gasteiger charge is 2.24. The third kappa shape index (κ3) is 2.31. The number of anilines is 1. The molecule has 3 N–H and O–H groups in total. The van der Waals surface area contributed by atoms with Crippen LogP contribution in [0.25, 0.3) is 10.9 Å². The van der Waals surface area contributed by atoms with Gasteiger partial charge < -0.3 is 15.4 Å². The van der Waals surface area contributed by atoms with Crippen molar-refractivity contribution in [1.82, 2.24) is 4.98 Å². The van der Waals surface area contributed by atoms with E-state index in [2.05, 4.69) is 10.3 Å². The molecule has 0 atom stereocenters. The second-order valence-corrected chi connectivity index (χ2v) is 6.23. The number of fused-ring (bicyclic) bond motifs is 1. The minimum atomic E-state index is -0.463. The SMILES string of the molecule is Cc1c(CO)c(C)c2cc[nH]c2c1NC(=O)C(C)(C)C. The molecule has 0 radical (unpaired) electrons. The Morgan fingerprint density at radius 1 is 1.30 bits per heavy atom. The molecule has 20 heavy (non-hydrogen) atoms. The first-order valence-electron chi connectivity index (χ1n) is 6.78. The lowest BCUT2D eigenvalue weighted by Gasteiger charge is -2.21. The number of nitrogens with one attached hydrogen (secondary N) is 2. The molecule has 1 aromatic carbocycles. The van der Waals surface area contributed by atoms with Crippen LogP contribution < -0.4 is 5.32 Å². The molecule has 0 aliphatic heterocycles. The first-order chi connectivity index (χ1) is 9.27. The predicted octanol–water partition coefficient (Wildman–Crippen LogP) is 3.26. The van der Waals surface area contributed by atoms with Gasteiger partial charge in [-0.15, -0.1) is 0 Å². The van der Waals surface area contributed by atoms with Crippen molar-refractivity contribution in [1.29, 1.82) is 0 Å². The van der Waals surface area contributed by atoms with E-state index in [1.165, 1.54) is 0 Å². The molecular weight excluding hydrogens is 252 g/mol. The fourth-order valence-corrected chi connectivity index (χ4v) is 2.37. The average Bonchev–Trinajstić information content (AvgIpc) is 2.83. The summed E-state index contributed by atoms with van der Waals surface area (Å²) >= 11 is 0. The summed E-state index contributed by atoms with van der Waals surface area (Å²) in [5, 5.41) is 13.6. The summed E-state index contributed by atoms with van der Waals surface area (Å²) in [5.41, 5.74) is 4.05. The van der Waals surface area contributed by atoms with E-state index in [1.807, 2.05) is 46.9 Å². The van der Waals surface area contributed by atoms with Crippen LogP contribution in [0.3, 0.4) is 0 Å². The van der Waals surface area contributed by atoms with Crippen molar-refractivity contribution in [2.24, 2.45) is 5.41 Å². The zero-order chi connectivity index (χ0) is 15.1. The fraction of sp³-hybridized carbons (Fsp3) is 0.438. The molecule has 0 saturated carbocycles. The molecule has 4 heteroatoms. The van der Waals surface area contributed by atoms with Crippen molar-refractivity contribution < 1.29 is 9.90 Å². The summed E-state index contributed by atoms with van der Waals surface area (Å²) in [5.74, 6) is -0.0377. The number of rotatable bonds is 2. The Kier molecular flexibility index (Phi) is 3.61. The van der Waals surface area contributed by atoms with Gasteiger partial charge in [-0.25, -0.2) is 0 Å². The number of amides is 1. The van der Waals surface area contributed by atoms with Crippen LogP contribution >= 0.6 is 0 Å². The van der Waals surface area contributed by atoms with Gasteiger partial charge in [-0.3, -0.25) is 4.79 Å². The Labute approximate surface area is 119 Å². The summed E-state index contributed by atoms with van der Waals surface area (Å²) in [4.78, 5) is 15.4. The molecule has 0 spiro atoms. The van der Waals surface area contributed by atoms with Gasteiger partial charge in [0.05, 0.1) is 17.8 Å². The highest BCUT2D eigenvalue weighted by Crippen LogP contribution is 2.34. The van der Waals surface area contributed by atoms with Crippen LogP contribution in [0.15, 0.2) is 12.3 Å². The minimum Gasteiger partial charge on any atom is -0.392 e. The van der Waals surface area contributed by atoms with Crippen LogP contribution in [0.5, 0.6) is 0 Å². The number of aliphatic hydroxyl groups excluding tert-OH is 1. The Morgan fingerprint density at radius 2 is 1.95 bits per heavy atom. The molecule has 0 aliphatic rings. The number of aromatic nitrogens is 1. The summed E-state index contributed by atoms with van der Waals surface area (Å²) in [6.45, 7) is 9.53. The number of H-pyrrole nitrogens is 1. The Bertz CT molecular complexity index is 663. The van der Waals surface area contributed by atoms with Crippen LogP contribution in [-0.2, 0) is 11.4 Å². The number of carbonyl (C=O) groups excluding carboxylic acids is 1. The van der Waals surface area contributed by atoms with Gasteiger partial charge in [0.1, 0.15) is 0 Å². The van der Waals surface area contributed by atoms with E-state index in [-0.39, 0.29) is 12.5 Å². The van der Waals surface area contributed by atoms with Crippen molar-refractivity contribution in [3.05, 3.63) is 29.0 Å². The van der Waals surface area contributed by atoms with E-state index in [0.717, 1.165) is 33.3 Å². The van der Waals surface area contributed by atoms with Gasteiger partial charge in [-0.2, -0.15) is 0 Å². The second kappa shape index (κ2) is 4.94. The largest absolute Gasteiger partial charge is 0.392 e. The smallest absolute Gasteiger partial charge is 0.229 e. The maximum Gasteiger partial charge on any atom is 0.229 e. The van der Waals surface area contributed by atoms with Gasteiger partial charge in [0.25, 0.3) is 0 Å². The number of benzene rings is 1. The third-order valence-electron chi connectivity index (χ3n) is 3.76. The summed E-state index contributed by atoms with van der Waals surface area (Å²) in [7, 11) is 0. The maximum atomic E-state index is 12.2. The van der Waals surface area contributed by atoms with Crippen molar-refractivity contribution in [2.45, 2.75) is 41.2 Å². The Morgan fingerprint density at radius 3 is 2.50 bits per heavy atom. The van der Waals surface area contributed by atoms with Gasteiger partial charge >= 0.3 is 0 Å². The van der Waals surface area contributed by atoms with Crippen molar-refractivity contribution in [3.8, 4) is 0 Å². The summed E-state index contributed by atoms with van der Waals surface area (Å²) in [6.07, 6.45) is 1.85. The van der Waals surface area contributed by atoms with E-state index in [1.54, 1.807) is 0 Å². The Balaban J connectivity index is 2.63. The lowest BCUT2D eigenvalue weighted by molar-refractivity contribution is -0.123. The number of carbonyl (C=O) groups is 1. The van der Waals surface area contributed by atoms with Gasteiger partial charge in [-0.05, 0) is 36.6 Å². The highest BCUT2D eigenvalue weighted by atomic mass is 16.3. The normalized spacial score (nSPS) is 11.9. The zero-order valence-corrected chi connectivity index (χ0v) is 12.7. The van der Waals surface area contributed by atoms with Crippen molar-refractivity contribution >= 4 is 22.5 Å². The molecule has 0 fully saturated rings. The van der Waals surface area contributed by atoms with Crippen molar-refractivity contribution in [3.63, 3.8) is 0 Å². The number of aryl methyl sites for hydroxylation is 1. The quantitative estimate of drug-likeness (QED) is 0.787. The van der Waals surface area contributed by atoms with Crippen LogP contribution in [0.1, 0.15) is 37.5 Å². The summed E-state index contributed by atoms with van der Waals surface area (Å²) in [6, 6.07) is 1.97. The van der Waals surface area contributed by atoms with Crippen LogP contribution in [-0.4, -0.2) is 16.0 Å². The van der Waals surface area contributed by atoms with E-state index < -0.39 is 5.41 Å². The van der Waals surface area contributed by atoms with E-state index >= 15 is 0 Å². The molecular formula is C16H22N2O2. The molecule has 1 heterocycles. The fourth-order valence-electron chi connectivity index (χ4n) is 2.37. The lowest BCUT2D eigenvalue weighted by atomic mass is 9.93. The van der Waals surface area contributed by atoms with Gasteiger partial charge in [-0.1, -0.05) is 20.8 Å². The highest BCUT2D eigenvalue weighted by molar-refractivity contribution is 6.05. The van der Waals surface area contributed by atoms with Gasteiger partial charge in [0, 0.05) is 17.0 Å². The Hall–Kier alpha value is -1.81. The lowest BCUT2D eigenvalue weighted by Crippen LogP contribution is -2.28. The van der Waals surface area contributed by atoms with Crippen LogP contribution in [0, 0.1) is 19.3 Å². The predicted molar refractivity (Wildman–Crippen MR) is 81.8 cm³/mol. The molecule has 2 rings (SSSR count). The number of aliphatic hydroxyl groups is 1. The van der Waals surface area contributed by atoms with E-state index in [0.29, 0.717) is 0 Å². The number of hydrogen-bond donors (Lipinski definition) is 3. The van der Waals surface area contributed by atoms with E-state index in [9.17, 15) is 9.90 Å². The molecule has 4 nitrogen and oxygen atoms in total. The summed E-state index contributed by atoms with van der Waals surface area (Å²) < 4.78 is 0. The molecule has 1 aromatic heterocycles. The average molecular weight is 274 g/mol. The molecule has 0 saturated heterocycles. The third-order valence-corrected chi connectivity index (χ3v) is 3.76. The number of aromatic amines is 1. The maximum absolute atomic E-state index is 12.2. The first kappa shape index (κ1) is 14.6. The monoisotopic (exact) mass is 274 g/mol. The molecule has 0 aliphatic carbocycles. The van der Waals surface area contributed by atoms with Gasteiger partial charge in [0.15, 0.2) is 0 Å².